The maximum Gasteiger partial charge on any atom is 0.472 e. The highest BCUT2D eigenvalue weighted by Gasteiger charge is 2.30. The van der Waals surface area contributed by atoms with Gasteiger partial charge in [0.1, 0.15) is 19.3 Å². The van der Waals surface area contributed by atoms with E-state index in [4.69, 9.17) is 37.0 Å². The van der Waals surface area contributed by atoms with Gasteiger partial charge in [-0.15, -0.1) is 0 Å². The molecule has 0 aromatic heterocycles. The lowest BCUT2D eigenvalue weighted by molar-refractivity contribution is -0.161. The van der Waals surface area contributed by atoms with Gasteiger partial charge in [-0.2, -0.15) is 0 Å². The van der Waals surface area contributed by atoms with Gasteiger partial charge in [0, 0.05) is 25.7 Å². The van der Waals surface area contributed by atoms with Crippen molar-refractivity contribution >= 4 is 39.5 Å². The van der Waals surface area contributed by atoms with Crippen molar-refractivity contribution in [1.82, 2.24) is 0 Å². The molecular formula is C85H146O17P2. The van der Waals surface area contributed by atoms with E-state index in [1.165, 1.54) is 64.2 Å². The molecule has 0 bridgehead atoms. The van der Waals surface area contributed by atoms with Crippen LogP contribution in [0.5, 0.6) is 0 Å². The highest BCUT2D eigenvalue weighted by molar-refractivity contribution is 7.47. The van der Waals surface area contributed by atoms with Crippen molar-refractivity contribution in [2.75, 3.05) is 39.6 Å². The maximum atomic E-state index is 13.1. The number of ether oxygens (including phenoxy) is 4. The zero-order valence-electron chi connectivity index (χ0n) is 65.4. The van der Waals surface area contributed by atoms with Crippen molar-refractivity contribution in [1.29, 1.82) is 0 Å². The second kappa shape index (κ2) is 76.6. The normalized spacial score (nSPS) is 14.5. The third kappa shape index (κ3) is 75.7. The Morgan fingerprint density at radius 3 is 0.788 bits per heavy atom. The number of hydrogen-bond acceptors (Lipinski definition) is 15. The predicted molar refractivity (Wildman–Crippen MR) is 427 cm³/mol. The first-order valence-corrected chi connectivity index (χ1v) is 43.8. The molecule has 0 heterocycles. The van der Waals surface area contributed by atoms with Crippen molar-refractivity contribution in [3.63, 3.8) is 0 Å². The highest BCUT2D eigenvalue weighted by atomic mass is 31.2. The van der Waals surface area contributed by atoms with Gasteiger partial charge >= 0.3 is 39.5 Å². The largest absolute Gasteiger partial charge is 0.472 e. The third-order valence-electron chi connectivity index (χ3n) is 16.9. The van der Waals surface area contributed by atoms with Gasteiger partial charge in [0.25, 0.3) is 0 Å². The number of hydrogen-bond donors (Lipinski definition) is 3. The molecule has 0 amide bonds. The average Bonchev–Trinajstić information content (AvgIpc) is 0.926. The van der Waals surface area contributed by atoms with Crippen molar-refractivity contribution in [2.45, 2.75) is 354 Å². The van der Waals surface area contributed by atoms with E-state index in [0.29, 0.717) is 25.7 Å². The van der Waals surface area contributed by atoms with Crippen LogP contribution in [0.25, 0.3) is 0 Å². The van der Waals surface area contributed by atoms with Crippen molar-refractivity contribution in [3.05, 3.63) is 122 Å². The summed E-state index contributed by atoms with van der Waals surface area (Å²) in [4.78, 5) is 73.1. The van der Waals surface area contributed by atoms with E-state index in [0.717, 1.165) is 193 Å². The average molecular weight is 1500 g/mol. The fraction of sp³-hybridized carbons (Fsp3) is 0.718. The molecule has 17 nitrogen and oxygen atoms in total. The van der Waals surface area contributed by atoms with Crippen LogP contribution in [0.2, 0.25) is 0 Å². The van der Waals surface area contributed by atoms with E-state index >= 15 is 0 Å². The molecule has 3 N–H and O–H groups in total. The van der Waals surface area contributed by atoms with Crippen LogP contribution in [0.15, 0.2) is 122 Å². The Morgan fingerprint density at radius 2 is 0.500 bits per heavy atom. The summed E-state index contributed by atoms with van der Waals surface area (Å²) in [5, 5.41) is 10.7. The van der Waals surface area contributed by atoms with Crippen LogP contribution in [-0.4, -0.2) is 96.7 Å². The summed E-state index contributed by atoms with van der Waals surface area (Å²) in [5.74, 6) is -2.23. The molecule has 598 valence electrons. The molecule has 19 heteroatoms. The number of phosphoric ester groups is 2. The predicted octanol–water partition coefficient (Wildman–Crippen LogP) is 23.9. The molecule has 0 rings (SSSR count). The third-order valence-corrected chi connectivity index (χ3v) is 18.8. The van der Waals surface area contributed by atoms with Crippen LogP contribution >= 0.6 is 15.6 Å². The molecule has 5 unspecified atom stereocenters. The molecule has 5 atom stereocenters. The molecule has 0 saturated heterocycles. The smallest absolute Gasteiger partial charge is 0.462 e. The molecule has 0 aromatic rings. The number of carbonyl (C=O) groups is 4. The van der Waals surface area contributed by atoms with Gasteiger partial charge in [0.15, 0.2) is 12.2 Å². The SMILES string of the molecule is CC/C=C\C/C=C\C/C=C\C/C=C\CCCCC(=O)OCC(COP(=O)(O)OCC(O)COP(=O)(O)OCC(COC(=O)CCCCCCCCC/C=C\C/C=C\C/C=C\CC)OC(=O)CCCCCCCCC/C=C\C/C=C\C/C=C\CC)OC(=O)CCCCCCCCCCCCCCCCC. The first kappa shape index (κ1) is 99.5. The second-order valence-electron chi connectivity index (χ2n) is 26.9. The lowest BCUT2D eigenvalue weighted by Crippen LogP contribution is -2.30. The van der Waals surface area contributed by atoms with Gasteiger partial charge in [-0.25, -0.2) is 9.13 Å². The summed E-state index contributed by atoms with van der Waals surface area (Å²) in [6, 6.07) is 0. The molecule has 0 radical (unpaired) electrons. The number of unbranched alkanes of at least 4 members (excludes halogenated alkanes) is 30. The first-order chi connectivity index (χ1) is 50.7. The van der Waals surface area contributed by atoms with E-state index in [2.05, 4.69) is 149 Å². The van der Waals surface area contributed by atoms with E-state index < -0.39 is 97.5 Å². The van der Waals surface area contributed by atoms with Crippen LogP contribution in [0.4, 0.5) is 0 Å². The lowest BCUT2D eigenvalue weighted by atomic mass is 10.0. The number of aliphatic hydroxyl groups is 1. The second-order valence-corrected chi connectivity index (χ2v) is 29.8. The van der Waals surface area contributed by atoms with Crippen LogP contribution in [0.1, 0.15) is 336 Å². The Bertz CT molecular complexity index is 2440. The fourth-order valence-electron chi connectivity index (χ4n) is 10.8. The summed E-state index contributed by atoms with van der Waals surface area (Å²) >= 11 is 0. The highest BCUT2D eigenvalue weighted by Crippen LogP contribution is 2.45. The zero-order valence-corrected chi connectivity index (χ0v) is 67.2. The molecule has 0 aliphatic rings. The fourth-order valence-corrected chi connectivity index (χ4v) is 12.4. The molecule has 0 spiro atoms. The summed E-state index contributed by atoms with van der Waals surface area (Å²) in [6.07, 6.45) is 84.6. The topological polar surface area (TPSA) is 237 Å². The summed E-state index contributed by atoms with van der Waals surface area (Å²) in [5.41, 5.74) is 0. The standard InChI is InChI=1S/C85H146O17P2/c1-5-9-13-17-21-25-29-33-37-39-43-46-50-54-58-62-66-70-83(88)96-76-81(102-85(90)72-68-64-60-56-52-48-44-40-38-34-30-26-22-18-14-10-6-2)78-100-104(93,94)98-74-79(86)73-97-103(91,92)99-77-80(101-84(89)71-67-63-59-55-51-47-42-36-32-28-24-20-16-12-8-4)75-95-82(87)69-65-61-57-53-49-45-41-35-31-27-23-19-15-11-7-3/h9-11,13-15,21-23,25-27,33-35,37-38,41,49,53,79-81,86H,5-8,12,16-20,24,28-32,36,39-40,42-48,50-52,54-78H2,1-4H3,(H,91,92)(H,93,94)/b13-9-,14-10-,15-11-,25-21-,26-22-,27-23-,37-33-,38-34-,41-35-,53-49-. The monoisotopic (exact) mass is 1500 g/mol. The molecule has 104 heavy (non-hydrogen) atoms. The molecular weight excluding hydrogens is 1350 g/mol. The van der Waals surface area contributed by atoms with E-state index in [1.807, 2.05) is 0 Å². The molecule has 0 aliphatic heterocycles. The number of rotatable bonds is 76. The zero-order chi connectivity index (χ0) is 76.0. The van der Waals surface area contributed by atoms with E-state index in [9.17, 15) is 43.2 Å². The van der Waals surface area contributed by atoms with Gasteiger partial charge < -0.3 is 33.8 Å². The minimum absolute atomic E-state index is 0.0790. The summed E-state index contributed by atoms with van der Waals surface area (Å²) in [6.45, 7) is 4.52. The van der Waals surface area contributed by atoms with Gasteiger partial charge in [-0.05, 0) is 128 Å². The Balaban J connectivity index is 5.40. The van der Waals surface area contributed by atoms with Crippen LogP contribution < -0.4 is 0 Å². The van der Waals surface area contributed by atoms with Crippen LogP contribution in [-0.2, 0) is 65.4 Å². The summed E-state index contributed by atoms with van der Waals surface area (Å²) in [7, 11) is -9.97. The molecule has 0 aliphatic carbocycles. The van der Waals surface area contributed by atoms with Gasteiger partial charge in [-0.3, -0.25) is 37.3 Å². The Kier molecular flexibility index (Phi) is 73.3. The van der Waals surface area contributed by atoms with Crippen LogP contribution in [0.3, 0.4) is 0 Å². The molecule has 0 fully saturated rings. The number of phosphoric acid groups is 2. The molecule has 0 aromatic carbocycles. The minimum atomic E-state index is -4.99. The Labute approximate surface area is 632 Å². The van der Waals surface area contributed by atoms with Gasteiger partial charge in [-0.1, -0.05) is 303 Å². The first-order valence-electron chi connectivity index (χ1n) is 40.8. The maximum absolute atomic E-state index is 13.1. The van der Waals surface area contributed by atoms with E-state index in [-0.39, 0.29) is 25.7 Å². The minimum Gasteiger partial charge on any atom is -0.462 e. The van der Waals surface area contributed by atoms with Gasteiger partial charge in [0.05, 0.1) is 26.4 Å². The van der Waals surface area contributed by atoms with Gasteiger partial charge in [0.2, 0.25) is 0 Å². The Morgan fingerprint density at radius 1 is 0.279 bits per heavy atom. The number of carbonyl (C=O) groups excluding carboxylic acids is 4. The summed E-state index contributed by atoms with van der Waals surface area (Å²) < 4.78 is 68.7. The quantitative estimate of drug-likeness (QED) is 0.0169. The van der Waals surface area contributed by atoms with Crippen molar-refractivity contribution < 1.29 is 80.2 Å². The Hall–Kier alpha value is -4.54. The lowest BCUT2D eigenvalue weighted by Gasteiger charge is -2.21. The number of esters is 4. The molecule has 0 saturated carbocycles. The van der Waals surface area contributed by atoms with E-state index in [1.54, 1.807) is 0 Å². The number of aliphatic hydroxyl groups excluding tert-OH is 1. The number of allylic oxidation sites excluding steroid dienone is 20. The van der Waals surface area contributed by atoms with Crippen LogP contribution in [0, 0.1) is 0 Å². The van der Waals surface area contributed by atoms with Crippen molar-refractivity contribution in [3.8, 4) is 0 Å². The van der Waals surface area contributed by atoms with Crippen molar-refractivity contribution in [2.24, 2.45) is 0 Å².